The number of benzene rings is 2. The lowest BCUT2D eigenvalue weighted by Crippen LogP contribution is -2.35. The summed E-state index contributed by atoms with van der Waals surface area (Å²) in [6, 6.07) is 17.7. The topological polar surface area (TPSA) is 44.8 Å². The van der Waals surface area contributed by atoms with Crippen LogP contribution in [0.3, 0.4) is 0 Å². The van der Waals surface area contributed by atoms with Crippen LogP contribution in [0.4, 0.5) is 0 Å². The van der Waals surface area contributed by atoms with Crippen LogP contribution in [0, 0.1) is 5.92 Å². The van der Waals surface area contributed by atoms with Crippen molar-refractivity contribution in [1.82, 2.24) is 0 Å². The third kappa shape index (κ3) is 6.00. The summed E-state index contributed by atoms with van der Waals surface area (Å²) in [5.74, 6) is 0.574. The molecular formula is C21H26O4. The van der Waals surface area contributed by atoms with Crippen LogP contribution in [0.15, 0.2) is 54.6 Å². The zero-order valence-corrected chi connectivity index (χ0v) is 15.1. The minimum atomic E-state index is -0.295. The number of hydrogen-bond acceptors (Lipinski definition) is 4. The largest absolute Gasteiger partial charge is 0.497 e. The number of rotatable bonds is 10. The van der Waals surface area contributed by atoms with Crippen molar-refractivity contribution in [2.24, 2.45) is 5.92 Å². The molecule has 0 saturated carbocycles. The molecule has 0 unspecified atom stereocenters. The Morgan fingerprint density at radius 3 is 2.08 bits per heavy atom. The van der Waals surface area contributed by atoms with Crippen molar-refractivity contribution in [2.75, 3.05) is 7.11 Å². The van der Waals surface area contributed by atoms with E-state index in [9.17, 15) is 4.79 Å². The van der Waals surface area contributed by atoms with Crippen molar-refractivity contribution in [1.29, 1.82) is 0 Å². The fourth-order valence-electron chi connectivity index (χ4n) is 2.60. The van der Waals surface area contributed by atoms with Gasteiger partial charge in [0.1, 0.15) is 12.0 Å². The van der Waals surface area contributed by atoms with Gasteiger partial charge < -0.3 is 19.0 Å². The Balaban J connectivity index is 1.92. The van der Waals surface area contributed by atoms with E-state index in [-0.39, 0.29) is 18.1 Å². The van der Waals surface area contributed by atoms with Gasteiger partial charge >= 0.3 is 0 Å². The van der Waals surface area contributed by atoms with Gasteiger partial charge in [-0.1, -0.05) is 49.4 Å². The molecule has 2 aromatic rings. The number of hydrogen-bond donors (Lipinski definition) is 0. The molecule has 2 rings (SSSR count). The quantitative estimate of drug-likeness (QED) is 0.612. The first-order chi connectivity index (χ1) is 12.1. The Bertz CT molecular complexity index is 624. The lowest BCUT2D eigenvalue weighted by molar-refractivity contribution is -0.127. The summed E-state index contributed by atoms with van der Waals surface area (Å²) in [5.41, 5.74) is 2.13. The molecule has 0 N–H and O–H groups in total. The standard InChI is InChI=1S/C21H26O4/c1-16(13-22)21(25-15-18-7-5-4-6-8-18)17(2)24-14-19-9-11-20(23-3)12-10-19/h4-13,16-17,21H,14-15H2,1-3H3/t16-,17-,21-/m0/s1. The number of methoxy groups -OCH3 is 1. The number of aldehydes is 1. The highest BCUT2D eigenvalue weighted by Gasteiger charge is 2.25. The lowest BCUT2D eigenvalue weighted by atomic mass is 10.0. The maximum absolute atomic E-state index is 11.3. The van der Waals surface area contributed by atoms with Crippen molar-refractivity contribution in [2.45, 2.75) is 39.3 Å². The van der Waals surface area contributed by atoms with Crippen molar-refractivity contribution < 1.29 is 19.0 Å². The van der Waals surface area contributed by atoms with Crippen molar-refractivity contribution in [3.63, 3.8) is 0 Å². The summed E-state index contributed by atoms with van der Waals surface area (Å²) >= 11 is 0. The highest BCUT2D eigenvalue weighted by Crippen LogP contribution is 2.18. The average molecular weight is 342 g/mol. The summed E-state index contributed by atoms with van der Waals surface area (Å²) < 4.78 is 17.1. The molecule has 25 heavy (non-hydrogen) atoms. The second kappa shape index (κ2) is 9.97. The first-order valence-electron chi connectivity index (χ1n) is 8.49. The van der Waals surface area contributed by atoms with Gasteiger partial charge in [0, 0.05) is 5.92 Å². The van der Waals surface area contributed by atoms with Gasteiger partial charge in [-0.3, -0.25) is 0 Å². The average Bonchev–Trinajstić information content (AvgIpc) is 2.67. The molecule has 0 aromatic heterocycles. The molecule has 0 aliphatic carbocycles. The predicted octanol–water partition coefficient (Wildman–Crippen LogP) is 4.02. The molecule has 0 radical (unpaired) electrons. The lowest BCUT2D eigenvalue weighted by Gasteiger charge is -2.27. The molecule has 0 fully saturated rings. The van der Waals surface area contributed by atoms with Crippen LogP contribution in [0.5, 0.6) is 5.75 Å². The molecule has 0 spiro atoms. The highest BCUT2D eigenvalue weighted by atomic mass is 16.5. The van der Waals surface area contributed by atoms with Gasteiger partial charge in [-0.15, -0.1) is 0 Å². The summed E-state index contributed by atoms with van der Waals surface area (Å²) in [4.78, 5) is 11.3. The van der Waals surface area contributed by atoms with E-state index in [1.54, 1.807) is 7.11 Å². The van der Waals surface area contributed by atoms with E-state index < -0.39 is 0 Å². The molecular weight excluding hydrogens is 316 g/mol. The summed E-state index contributed by atoms with van der Waals surface area (Å²) in [7, 11) is 1.64. The summed E-state index contributed by atoms with van der Waals surface area (Å²) in [5, 5.41) is 0. The first-order valence-corrected chi connectivity index (χ1v) is 8.49. The second-order valence-corrected chi connectivity index (χ2v) is 6.12. The van der Waals surface area contributed by atoms with E-state index in [0.29, 0.717) is 13.2 Å². The zero-order chi connectivity index (χ0) is 18.1. The van der Waals surface area contributed by atoms with Gasteiger partial charge in [0.15, 0.2) is 0 Å². The van der Waals surface area contributed by atoms with E-state index in [4.69, 9.17) is 14.2 Å². The molecule has 0 aliphatic rings. The Morgan fingerprint density at radius 2 is 1.48 bits per heavy atom. The maximum Gasteiger partial charge on any atom is 0.125 e. The van der Waals surface area contributed by atoms with Crippen LogP contribution in [0.1, 0.15) is 25.0 Å². The van der Waals surface area contributed by atoms with E-state index in [2.05, 4.69) is 0 Å². The molecule has 0 saturated heterocycles. The highest BCUT2D eigenvalue weighted by molar-refractivity contribution is 5.54. The second-order valence-electron chi connectivity index (χ2n) is 6.12. The SMILES string of the molecule is COc1ccc(CO[C@@H](C)[C@@H](OCc2ccccc2)[C@@H](C)C=O)cc1. The van der Waals surface area contributed by atoms with Gasteiger partial charge in [0.05, 0.1) is 32.5 Å². The van der Waals surface area contributed by atoms with Crippen LogP contribution in [0.2, 0.25) is 0 Å². The third-order valence-corrected chi connectivity index (χ3v) is 4.15. The van der Waals surface area contributed by atoms with Crippen LogP contribution in [-0.4, -0.2) is 25.6 Å². The van der Waals surface area contributed by atoms with Crippen LogP contribution in [0.25, 0.3) is 0 Å². The third-order valence-electron chi connectivity index (χ3n) is 4.15. The number of ether oxygens (including phenoxy) is 3. The van der Waals surface area contributed by atoms with Crippen molar-refractivity contribution in [3.8, 4) is 5.75 Å². The summed E-state index contributed by atoms with van der Waals surface area (Å²) in [6.45, 7) is 4.72. The van der Waals surface area contributed by atoms with Gasteiger partial charge in [0.25, 0.3) is 0 Å². The van der Waals surface area contributed by atoms with Crippen molar-refractivity contribution in [3.05, 3.63) is 65.7 Å². The molecule has 0 aliphatic heterocycles. The van der Waals surface area contributed by atoms with E-state index in [0.717, 1.165) is 23.2 Å². The molecule has 3 atom stereocenters. The Labute approximate surface area is 149 Å². The fourth-order valence-corrected chi connectivity index (χ4v) is 2.60. The van der Waals surface area contributed by atoms with Crippen molar-refractivity contribution >= 4 is 6.29 Å². The Kier molecular flexibility index (Phi) is 7.64. The molecule has 0 bridgehead atoms. The van der Waals surface area contributed by atoms with E-state index in [1.165, 1.54) is 0 Å². The van der Waals surface area contributed by atoms with E-state index in [1.807, 2.05) is 68.4 Å². The molecule has 4 heteroatoms. The monoisotopic (exact) mass is 342 g/mol. The van der Waals surface area contributed by atoms with Gasteiger partial charge in [-0.2, -0.15) is 0 Å². The minimum Gasteiger partial charge on any atom is -0.497 e. The summed E-state index contributed by atoms with van der Waals surface area (Å²) in [6.07, 6.45) is 0.421. The normalized spacial score (nSPS) is 14.5. The minimum absolute atomic E-state index is 0.203. The predicted molar refractivity (Wildman–Crippen MR) is 97.5 cm³/mol. The Morgan fingerprint density at radius 1 is 0.880 bits per heavy atom. The van der Waals surface area contributed by atoms with Crippen LogP contribution in [-0.2, 0) is 27.5 Å². The number of carbonyl (C=O) groups excluding carboxylic acids is 1. The van der Waals surface area contributed by atoms with E-state index >= 15 is 0 Å². The zero-order valence-electron chi connectivity index (χ0n) is 15.1. The Hall–Kier alpha value is -2.17. The molecule has 134 valence electrons. The van der Waals surface area contributed by atoms with Gasteiger partial charge in [-0.25, -0.2) is 0 Å². The molecule has 0 amide bonds. The van der Waals surface area contributed by atoms with Crippen LogP contribution < -0.4 is 4.74 Å². The smallest absolute Gasteiger partial charge is 0.125 e. The molecule has 4 nitrogen and oxygen atoms in total. The maximum atomic E-state index is 11.3. The molecule has 2 aromatic carbocycles. The van der Waals surface area contributed by atoms with Crippen LogP contribution >= 0.6 is 0 Å². The van der Waals surface area contributed by atoms with Gasteiger partial charge in [-0.05, 0) is 30.2 Å². The number of carbonyl (C=O) groups is 1. The van der Waals surface area contributed by atoms with Gasteiger partial charge in [0.2, 0.25) is 0 Å². The first kappa shape index (κ1) is 19.2. The fraction of sp³-hybridized carbons (Fsp3) is 0.381. The molecule has 0 heterocycles.